The molecule has 168 valence electrons. The van der Waals surface area contributed by atoms with E-state index in [1.807, 2.05) is 4.57 Å². The molecule has 1 fully saturated rings. The van der Waals surface area contributed by atoms with Gasteiger partial charge < -0.3 is 20.1 Å². The van der Waals surface area contributed by atoms with Crippen LogP contribution in [0.3, 0.4) is 0 Å². The zero-order valence-corrected chi connectivity index (χ0v) is 18.7. The number of anilines is 1. The minimum Gasteiger partial charge on any atom is -0.468 e. The van der Waals surface area contributed by atoms with Gasteiger partial charge in [-0.25, -0.2) is 0 Å². The lowest BCUT2D eigenvalue weighted by molar-refractivity contribution is 0.242. The first kappa shape index (κ1) is 22.6. The first-order valence-electron chi connectivity index (χ1n) is 11.7. The van der Waals surface area contributed by atoms with Crippen LogP contribution in [0, 0.1) is 0 Å². The van der Waals surface area contributed by atoms with E-state index in [1.165, 1.54) is 64.6 Å². The number of imidazole rings is 1. The van der Waals surface area contributed by atoms with Gasteiger partial charge in [0.15, 0.2) is 17.0 Å². The summed E-state index contributed by atoms with van der Waals surface area (Å²) in [6.07, 6.45) is 12.3. The molecule has 3 heterocycles. The second-order valence-corrected chi connectivity index (χ2v) is 8.19. The van der Waals surface area contributed by atoms with Crippen LogP contribution in [-0.2, 0) is 6.54 Å². The van der Waals surface area contributed by atoms with Gasteiger partial charge in [0, 0.05) is 6.54 Å². The lowest BCUT2D eigenvalue weighted by Crippen LogP contribution is -2.28. The summed E-state index contributed by atoms with van der Waals surface area (Å²) in [4.78, 5) is 15.9. The highest BCUT2D eigenvalue weighted by Gasteiger charge is 2.17. The quantitative estimate of drug-likeness (QED) is 0.551. The Kier molecular flexibility index (Phi) is 8.99. The van der Waals surface area contributed by atoms with Crippen LogP contribution in [0.2, 0.25) is 0 Å². The summed E-state index contributed by atoms with van der Waals surface area (Å²) >= 11 is 0. The zero-order valence-electron chi connectivity index (χ0n) is 18.7. The van der Waals surface area contributed by atoms with Gasteiger partial charge in [-0.05, 0) is 51.7 Å². The summed E-state index contributed by atoms with van der Waals surface area (Å²) in [6, 6.07) is 0.842. The van der Waals surface area contributed by atoms with Crippen LogP contribution in [-0.4, -0.2) is 57.8 Å². The molecule has 1 aliphatic rings. The fourth-order valence-electron chi connectivity index (χ4n) is 4.03. The summed E-state index contributed by atoms with van der Waals surface area (Å²) in [5.41, 5.74) is 7.38. The predicted molar refractivity (Wildman–Crippen MR) is 120 cm³/mol. The molecule has 0 atom stereocenters. The van der Waals surface area contributed by atoms with Crippen molar-refractivity contribution in [3.05, 3.63) is 0 Å². The number of nitrogen functional groups attached to an aromatic ring is 1. The van der Waals surface area contributed by atoms with Crippen molar-refractivity contribution in [1.29, 1.82) is 0 Å². The molecule has 0 amide bonds. The number of aryl methyl sites for hydroxylation is 1. The van der Waals surface area contributed by atoms with E-state index in [2.05, 4.69) is 26.8 Å². The number of rotatable bonds is 11. The Hall–Kier alpha value is -2.09. The van der Waals surface area contributed by atoms with E-state index in [9.17, 15) is 0 Å². The molecule has 0 radical (unpaired) electrons. The van der Waals surface area contributed by atoms with Crippen molar-refractivity contribution in [3.63, 3.8) is 0 Å². The largest absolute Gasteiger partial charge is 0.468 e. The SMILES string of the molecule is CCCCOc1nc(N)c2nc(OC)n(CCCCCN3CCCCCCC3)c2n1. The van der Waals surface area contributed by atoms with Gasteiger partial charge in [0.2, 0.25) is 0 Å². The van der Waals surface area contributed by atoms with Crippen LogP contribution < -0.4 is 15.2 Å². The molecule has 0 spiro atoms. The van der Waals surface area contributed by atoms with E-state index in [4.69, 9.17) is 15.2 Å². The second-order valence-electron chi connectivity index (χ2n) is 8.19. The maximum Gasteiger partial charge on any atom is 0.320 e. The molecule has 2 N–H and O–H groups in total. The lowest BCUT2D eigenvalue weighted by atomic mass is 10.1. The van der Waals surface area contributed by atoms with E-state index in [0.717, 1.165) is 25.8 Å². The van der Waals surface area contributed by atoms with Gasteiger partial charge in [-0.1, -0.05) is 39.0 Å². The van der Waals surface area contributed by atoms with Crippen LogP contribution in [0.25, 0.3) is 11.2 Å². The molecule has 1 saturated heterocycles. The fourth-order valence-corrected chi connectivity index (χ4v) is 4.03. The van der Waals surface area contributed by atoms with Gasteiger partial charge in [0.1, 0.15) is 0 Å². The van der Waals surface area contributed by atoms with E-state index < -0.39 is 0 Å². The van der Waals surface area contributed by atoms with Gasteiger partial charge in [-0.2, -0.15) is 15.0 Å². The van der Waals surface area contributed by atoms with Crippen LogP contribution in [0.4, 0.5) is 5.82 Å². The Morgan fingerprint density at radius 3 is 2.37 bits per heavy atom. The molecule has 1 aliphatic heterocycles. The third kappa shape index (κ3) is 6.20. The van der Waals surface area contributed by atoms with Gasteiger partial charge in [0.25, 0.3) is 6.01 Å². The van der Waals surface area contributed by atoms with E-state index in [0.29, 0.717) is 35.6 Å². The molecule has 0 aromatic carbocycles. The molecule has 8 nitrogen and oxygen atoms in total. The number of methoxy groups -OCH3 is 1. The van der Waals surface area contributed by atoms with Gasteiger partial charge in [-0.15, -0.1) is 0 Å². The first-order chi connectivity index (χ1) is 14.7. The standard InChI is InChI=1S/C22H38N6O2/c1-3-4-17-30-21-25-19(23)18-20(26-21)28(22(24-18)29-2)16-12-8-11-15-27-13-9-6-5-7-10-14-27/h3-17H2,1-2H3,(H2,23,25,26). The monoisotopic (exact) mass is 418 g/mol. The summed E-state index contributed by atoms with van der Waals surface area (Å²) in [7, 11) is 1.63. The molecule has 8 heteroatoms. The van der Waals surface area contributed by atoms with Gasteiger partial charge in [-0.3, -0.25) is 4.57 Å². The highest BCUT2D eigenvalue weighted by atomic mass is 16.5. The average molecular weight is 419 g/mol. The number of ether oxygens (including phenoxy) is 2. The minimum absolute atomic E-state index is 0.314. The number of aromatic nitrogens is 4. The van der Waals surface area contributed by atoms with E-state index >= 15 is 0 Å². The summed E-state index contributed by atoms with van der Waals surface area (Å²) in [5, 5.41) is 0. The molecule has 0 saturated carbocycles. The topological polar surface area (TPSA) is 91.3 Å². The fraction of sp³-hybridized carbons (Fsp3) is 0.773. The van der Waals surface area contributed by atoms with Crippen LogP contribution in [0.1, 0.15) is 71.1 Å². The van der Waals surface area contributed by atoms with E-state index in [-0.39, 0.29) is 0 Å². The molecule has 0 bridgehead atoms. The van der Waals surface area contributed by atoms with Crippen LogP contribution >= 0.6 is 0 Å². The Bertz CT molecular complexity index is 771. The highest BCUT2D eigenvalue weighted by Crippen LogP contribution is 2.26. The van der Waals surface area contributed by atoms with Crippen LogP contribution in [0.5, 0.6) is 12.0 Å². The third-order valence-corrected chi connectivity index (χ3v) is 5.78. The number of unbranched alkanes of at least 4 members (excludes halogenated alkanes) is 3. The summed E-state index contributed by atoms with van der Waals surface area (Å²) in [5.74, 6) is 0.334. The molecule has 0 aliphatic carbocycles. The molecular formula is C22H38N6O2. The van der Waals surface area contributed by atoms with Gasteiger partial charge >= 0.3 is 6.01 Å². The lowest BCUT2D eigenvalue weighted by Gasteiger charge is -2.24. The van der Waals surface area contributed by atoms with Crippen molar-refractivity contribution in [2.24, 2.45) is 0 Å². The second kappa shape index (κ2) is 11.9. The molecule has 3 rings (SSSR count). The van der Waals surface area contributed by atoms with Crippen molar-refractivity contribution in [1.82, 2.24) is 24.4 Å². The van der Waals surface area contributed by atoms with Crippen molar-refractivity contribution < 1.29 is 9.47 Å². The first-order valence-corrected chi connectivity index (χ1v) is 11.7. The normalized spacial score (nSPS) is 15.8. The Morgan fingerprint density at radius 2 is 1.63 bits per heavy atom. The highest BCUT2D eigenvalue weighted by molar-refractivity contribution is 5.83. The smallest absolute Gasteiger partial charge is 0.320 e. The maximum atomic E-state index is 6.11. The van der Waals surface area contributed by atoms with Crippen molar-refractivity contribution in [2.75, 3.05) is 39.1 Å². The molecule has 2 aromatic rings. The van der Waals surface area contributed by atoms with Crippen LogP contribution in [0.15, 0.2) is 0 Å². The summed E-state index contributed by atoms with van der Waals surface area (Å²) < 4.78 is 13.2. The molecular weight excluding hydrogens is 380 g/mol. The third-order valence-electron chi connectivity index (χ3n) is 5.78. The number of nitrogens with two attached hydrogens (primary N) is 1. The number of hydrogen-bond donors (Lipinski definition) is 1. The minimum atomic E-state index is 0.314. The molecule has 0 unspecified atom stereocenters. The zero-order chi connectivity index (χ0) is 21.2. The predicted octanol–water partition coefficient (Wildman–Crippen LogP) is 4.03. The molecule has 2 aromatic heterocycles. The number of hydrogen-bond acceptors (Lipinski definition) is 7. The van der Waals surface area contributed by atoms with E-state index in [1.54, 1.807) is 7.11 Å². The Morgan fingerprint density at radius 1 is 0.900 bits per heavy atom. The number of nitrogens with zero attached hydrogens (tertiary/aromatic N) is 5. The van der Waals surface area contributed by atoms with Gasteiger partial charge in [0.05, 0.1) is 13.7 Å². The number of likely N-dealkylation sites (tertiary alicyclic amines) is 1. The van der Waals surface area contributed by atoms with Crippen molar-refractivity contribution in [3.8, 4) is 12.0 Å². The average Bonchev–Trinajstić information content (AvgIpc) is 3.07. The Labute approximate surface area is 180 Å². The maximum absolute atomic E-state index is 6.11. The number of fused-ring (bicyclic) bond motifs is 1. The molecule has 30 heavy (non-hydrogen) atoms. The van der Waals surface area contributed by atoms with Crippen molar-refractivity contribution in [2.45, 2.75) is 77.7 Å². The van der Waals surface area contributed by atoms with Crippen molar-refractivity contribution >= 4 is 17.0 Å². The summed E-state index contributed by atoms with van der Waals surface area (Å²) in [6.45, 7) is 7.23. The Balaban J connectivity index is 1.57.